The third-order valence-electron chi connectivity index (χ3n) is 5.39. The molecule has 1 heterocycles. The second-order valence-corrected chi connectivity index (χ2v) is 7.17. The van der Waals surface area contributed by atoms with E-state index < -0.39 is 5.60 Å². The molecule has 2 fully saturated rings. The maximum absolute atomic E-state index is 11.0. The van der Waals surface area contributed by atoms with Crippen LogP contribution in [0.25, 0.3) is 0 Å². The molecule has 0 amide bonds. The zero-order valence-electron chi connectivity index (χ0n) is 12.4. The first-order valence-corrected chi connectivity index (χ1v) is 7.97. The molecule has 106 valence electrons. The van der Waals surface area contributed by atoms with E-state index in [9.17, 15) is 5.11 Å². The van der Waals surface area contributed by atoms with Gasteiger partial charge in [-0.25, -0.2) is 0 Å². The Morgan fingerprint density at radius 3 is 2.61 bits per heavy atom. The van der Waals surface area contributed by atoms with Gasteiger partial charge in [-0.3, -0.25) is 0 Å². The first-order chi connectivity index (χ1) is 8.51. The first kappa shape index (κ1) is 14.3. The molecule has 1 aliphatic carbocycles. The smallest absolute Gasteiger partial charge is 0.0800 e. The topological polar surface area (TPSA) is 32.3 Å². The summed E-state index contributed by atoms with van der Waals surface area (Å²) in [6.45, 7) is 8.07. The number of hydrogen-bond acceptors (Lipinski definition) is 2. The van der Waals surface area contributed by atoms with E-state index >= 15 is 0 Å². The summed E-state index contributed by atoms with van der Waals surface area (Å²) in [4.78, 5) is 0. The van der Waals surface area contributed by atoms with Crippen LogP contribution in [0.2, 0.25) is 0 Å². The molecule has 1 aliphatic heterocycles. The Hall–Kier alpha value is -0.0800. The minimum absolute atomic E-state index is 0.340. The molecule has 1 saturated carbocycles. The average Bonchev–Trinajstić information content (AvgIpc) is 2.52. The van der Waals surface area contributed by atoms with E-state index in [1.165, 1.54) is 25.7 Å². The number of aliphatic hydroxyl groups is 1. The van der Waals surface area contributed by atoms with Crippen LogP contribution >= 0.6 is 0 Å². The normalized spacial score (nSPS) is 42.8. The molecule has 2 nitrogen and oxygen atoms in total. The van der Waals surface area contributed by atoms with Gasteiger partial charge in [-0.1, -0.05) is 33.6 Å². The summed E-state index contributed by atoms with van der Waals surface area (Å²) in [5, 5.41) is 14.6. The van der Waals surface area contributed by atoms with E-state index in [1.807, 2.05) is 0 Å². The lowest BCUT2D eigenvalue weighted by atomic mass is 9.78. The highest BCUT2D eigenvalue weighted by molar-refractivity contribution is 4.96. The van der Waals surface area contributed by atoms with Gasteiger partial charge in [-0.2, -0.15) is 0 Å². The lowest BCUT2D eigenvalue weighted by Crippen LogP contribution is -2.54. The lowest BCUT2D eigenvalue weighted by molar-refractivity contribution is -0.0272. The van der Waals surface area contributed by atoms with Crippen molar-refractivity contribution >= 4 is 0 Å². The molecule has 0 aromatic carbocycles. The Morgan fingerprint density at radius 1 is 1.17 bits per heavy atom. The van der Waals surface area contributed by atoms with E-state index in [0.29, 0.717) is 6.04 Å². The molecule has 1 saturated heterocycles. The minimum Gasteiger partial charge on any atom is -0.388 e. The van der Waals surface area contributed by atoms with Gasteiger partial charge in [-0.15, -0.1) is 0 Å². The van der Waals surface area contributed by atoms with Gasteiger partial charge < -0.3 is 10.4 Å². The van der Waals surface area contributed by atoms with Gasteiger partial charge in [0.05, 0.1) is 5.60 Å². The predicted octanol–water partition coefficient (Wildman–Crippen LogP) is 3.34. The second-order valence-electron chi connectivity index (χ2n) is 7.17. The monoisotopic (exact) mass is 253 g/mol. The third kappa shape index (κ3) is 3.27. The van der Waals surface area contributed by atoms with Crippen molar-refractivity contribution in [3.8, 4) is 0 Å². The summed E-state index contributed by atoms with van der Waals surface area (Å²) in [6, 6.07) is 0.340. The summed E-state index contributed by atoms with van der Waals surface area (Å²) < 4.78 is 0. The van der Waals surface area contributed by atoms with Crippen molar-refractivity contribution in [1.29, 1.82) is 0 Å². The van der Waals surface area contributed by atoms with E-state index in [-0.39, 0.29) is 0 Å². The third-order valence-corrected chi connectivity index (χ3v) is 5.39. The SMILES string of the molecule is CC1CCNC(C2(O)CCCC(C(C)C)CC2)C1. The van der Waals surface area contributed by atoms with Crippen molar-refractivity contribution in [2.75, 3.05) is 6.54 Å². The van der Waals surface area contributed by atoms with Crippen LogP contribution < -0.4 is 5.32 Å². The minimum atomic E-state index is -0.432. The number of rotatable bonds is 2. The highest BCUT2D eigenvalue weighted by Gasteiger charge is 2.40. The van der Waals surface area contributed by atoms with Crippen molar-refractivity contribution in [3.05, 3.63) is 0 Å². The molecule has 2 N–H and O–H groups in total. The fraction of sp³-hybridized carbons (Fsp3) is 1.00. The molecule has 18 heavy (non-hydrogen) atoms. The van der Waals surface area contributed by atoms with Crippen LogP contribution in [-0.2, 0) is 0 Å². The first-order valence-electron chi connectivity index (χ1n) is 7.97. The molecule has 2 rings (SSSR count). The van der Waals surface area contributed by atoms with Crippen molar-refractivity contribution in [2.24, 2.45) is 17.8 Å². The zero-order valence-corrected chi connectivity index (χ0v) is 12.4. The molecule has 4 unspecified atom stereocenters. The van der Waals surface area contributed by atoms with Crippen molar-refractivity contribution < 1.29 is 5.11 Å². The fourth-order valence-electron chi connectivity index (χ4n) is 3.91. The van der Waals surface area contributed by atoms with Gasteiger partial charge >= 0.3 is 0 Å². The van der Waals surface area contributed by atoms with Gasteiger partial charge in [0.15, 0.2) is 0 Å². The van der Waals surface area contributed by atoms with Crippen molar-refractivity contribution in [1.82, 2.24) is 5.32 Å². The van der Waals surface area contributed by atoms with E-state index in [0.717, 1.165) is 43.6 Å². The molecule has 0 aromatic heterocycles. The van der Waals surface area contributed by atoms with Gasteiger partial charge in [0.2, 0.25) is 0 Å². The summed E-state index contributed by atoms with van der Waals surface area (Å²) in [6.07, 6.45) is 8.14. The molecular formula is C16H31NO. The van der Waals surface area contributed by atoms with Gasteiger partial charge in [0.25, 0.3) is 0 Å². The molecule has 2 aliphatic rings. The van der Waals surface area contributed by atoms with Crippen LogP contribution in [0.1, 0.15) is 65.7 Å². The molecule has 0 spiro atoms. The highest BCUT2D eigenvalue weighted by atomic mass is 16.3. The lowest BCUT2D eigenvalue weighted by Gasteiger charge is -2.40. The summed E-state index contributed by atoms with van der Waals surface area (Å²) in [7, 11) is 0. The van der Waals surface area contributed by atoms with Crippen LogP contribution in [0.15, 0.2) is 0 Å². The Kier molecular flexibility index (Phi) is 4.71. The van der Waals surface area contributed by atoms with Crippen molar-refractivity contribution in [3.63, 3.8) is 0 Å². The van der Waals surface area contributed by atoms with Gasteiger partial charge in [-0.05, 0) is 56.4 Å². The largest absolute Gasteiger partial charge is 0.388 e. The summed E-state index contributed by atoms with van der Waals surface area (Å²) in [5.41, 5.74) is -0.432. The molecule has 2 heteroatoms. The number of piperidine rings is 1. The second kappa shape index (κ2) is 5.92. The number of nitrogens with one attached hydrogen (secondary N) is 1. The Bertz CT molecular complexity index is 266. The fourth-order valence-corrected chi connectivity index (χ4v) is 3.91. The standard InChI is InChI=1S/C16H31NO/c1-12(2)14-5-4-8-16(18,9-6-14)15-11-13(3)7-10-17-15/h12-15,17-18H,4-11H2,1-3H3. The molecule has 0 radical (unpaired) electrons. The van der Waals surface area contributed by atoms with Crippen LogP contribution in [0.4, 0.5) is 0 Å². The van der Waals surface area contributed by atoms with Crippen LogP contribution in [0.5, 0.6) is 0 Å². The summed E-state index contributed by atoms with van der Waals surface area (Å²) >= 11 is 0. The maximum atomic E-state index is 11.0. The van der Waals surface area contributed by atoms with Crippen LogP contribution in [0, 0.1) is 17.8 Å². The summed E-state index contributed by atoms with van der Waals surface area (Å²) in [5.74, 6) is 2.36. The Balaban J connectivity index is 1.97. The zero-order chi connectivity index (χ0) is 13.2. The Labute approximate surface area is 113 Å². The quantitative estimate of drug-likeness (QED) is 0.740. The molecule has 4 atom stereocenters. The van der Waals surface area contributed by atoms with Crippen LogP contribution in [-0.4, -0.2) is 23.3 Å². The van der Waals surface area contributed by atoms with E-state index in [4.69, 9.17) is 0 Å². The van der Waals surface area contributed by atoms with Gasteiger partial charge in [0.1, 0.15) is 0 Å². The van der Waals surface area contributed by atoms with Crippen molar-refractivity contribution in [2.45, 2.75) is 77.4 Å². The van der Waals surface area contributed by atoms with Crippen LogP contribution in [0.3, 0.4) is 0 Å². The van der Waals surface area contributed by atoms with Gasteiger partial charge in [0, 0.05) is 6.04 Å². The highest BCUT2D eigenvalue weighted by Crippen LogP contribution is 2.38. The predicted molar refractivity (Wildman–Crippen MR) is 76.6 cm³/mol. The Morgan fingerprint density at radius 2 is 1.94 bits per heavy atom. The maximum Gasteiger partial charge on any atom is 0.0800 e. The van der Waals surface area contributed by atoms with E-state index in [1.54, 1.807) is 0 Å². The molecule has 0 aromatic rings. The molecule has 0 bridgehead atoms. The number of hydrogen-bond donors (Lipinski definition) is 2. The molecular weight excluding hydrogens is 222 g/mol. The van der Waals surface area contributed by atoms with E-state index in [2.05, 4.69) is 26.1 Å². The average molecular weight is 253 g/mol.